The molecule has 3 aromatic heterocycles. The fraction of sp³-hybridized carbons (Fsp3) is 0.125. The summed E-state index contributed by atoms with van der Waals surface area (Å²) >= 11 is 1.50. The molecule has 0 spiro atoms. The van der Waals surface area contributed by atoms with Crippen molar-refractivity contribution in [3.63, 3.8) is 0 Å². The van der Waals surface area contributed by atoms with Crippen LogP contribution in [0.2, 0.25) is 0 Å². The Morgan fingerprint density at radius 1 is 1.17 bits per heavy atom. The van der Waals surface area contributed by atoms with E-state index in [1.165, 1.54) is 11.8 Å². The van der Waals surface area contributed by atoms with Crippen LogP contribution in [0.25, 0.3) is 28.1 Å². The zero-order valence-electron chi connectivity index (χ0n) is 12.0. The fourth-order valence-electron chi connectivity index (χ4n) is 2.32. The van der Waals surface area contributed by atoms with Crippen molar-refractivity contribution in [2.45, 2.75) is 11.6 Å². The third-order valence-electron chi connectivity index (χ3n) is 3.34. The first-order valence-corrected chi connectivity index (χ1v) is 8.04. The smallest absolute Gasteiger partial charge is 0.218 e. The minimum atomic E-state index is 0.459. The van der Waals surface area contributed by atoms with Gasteiger partial charge in [0.15, 0.2) is 16.6 Å². The third kappa shape index (κ3) is 2.43. The van der Waals surface area contributed by atoms with E-state index in [1.807, 2.05) is 30.3 Å². The summed E-state index contributed by atoms with van der Waals surface area (Å²) in [6, 6.07) is 13.6. The van der Waals surface area contributed by atoms with Crippen molar-refractivity contribution in [1.82, 2.24) is 19.6 Å². The molecule has 23 heavy (non-hydrogen) atoms. The van der Waals surface area contributed by atoms with Gasteiger partial charge in [0.25, 0.3) is 0 Å². The molecule has 0 amide bonds. The lowest BCUT2D eigenvalue weighted by Crippen LogP contribution is -1.98. The number of nitriles is 1. The van der Waals surface area contributed by atoms with Gasteiger partial charge in [0.1, 0.15) is 0 Å². The first kappa shape index (κ1) is 13.8. The molecule has 0 fully saturated rings. The molecule has 0 aliphatic rings. The summed E-state index contributed by atoms with van der Waals surface area (Å²) in [5.74, 6) is 1.80. The molecule has 0 saturated heterocycles. The molecular formula is C16H11N5OS. The number of para-hydroxylation sites is 1. The Morgan fingerprint density at radius 2 is 2.09 bits per heavy atom. The van der Waals surface area contributed by atoms with E-state index in [0.717, 1.165) is 21.7 Å². The summed E-state index contributed by atoms with van der Waals surface area (Å²) in [6.45, 7) is 0. The molecule has 4 aromatic rings. The Morgan fingerprint density at radius 3 is 2.91 bits per heavy atom. The minimum absolute atomic E-state index is 0.459. The molecule has 0 N–H and O–H groups in total. The van der Waals surface area contributed by atoms with Crippen molar-refractivity contribution >= 4 is 28.3 Å². The number of hydrogen-bond acceptors (Lipinski definition) is 6. The highest BCUT2D eigenvalue weighted by Crippen LogP contribution is 2.26. The number of aromatic nitrogens is 4. The molecular weight excluding hydrogens is 310 g/mol. The topological polar surface area (TPSA) is 80.0 Å². The maximum atomic E-state index is 8.73. The molecule has 7 heteroatoms. The number of thioether (sulfide) groups is 1. The number of nitrogens with zero attached hydrogens (tertiary/aromatic N) is 5. The Hall–Kier alpha value is -2.85. The predicted octanol–water partition coefficient (Wildman–Crippen LogP) is 3.54. The second kappa shape index (κ2) is 5.74. The summed E-state index contributed by atoms with van der Waals surface area (Å²) in [5, 5.41) is 14.9. The summed E-state index contributed by atoms with van der Waals surface area (Å²) in [6.07, 6.45) is 2.06. The summed E-state index contributed by atoms with van der Waals surface area (Å²) in [7, 11) is 0. The van der Waals surface area contributed by atoms with Crippen LogP contribution in [0.4, 0.5) is 0 Å². The summed E-state index contributed by atoms with van der Waals surface area (Å²) < 4.78 is 7.12. The Labute approximate surface area is 135 Å². The highest BCUT2D eigenvalue weighted by Gasteiger charge is 2.15. The maximum Gasteiger partial charge on any atom is 0.218 e. The second-order valence-electron chi connectivity index (χ2n) is 4.82. The van der Waals surface area contributed by atoms with Gasteiger partial charge in [-0.15, -0.1) is 5.10 Å². The van der Waals surface area contributed by atoms with Crippen LogP contribution in [0.15, 0.2) is 52.2 Å². The number of hydrogen-bond donors (Lipinski definition) is 0. The molecule has 0 aliphatic carbocycles. The summed E-state index contributed by atoms with van der Waals surface area (Å²) in [5.41, 5.74) is 1.60. The highest BCUT2D eigenvalue weighted by molar-refractivity contribution is 7.99. The monoisotopic (exact) mass is 321 g/mol. The van der Waals surface area contributed by atoms with Crippen molar-refractivity contribution in [3.8, 4) is 17.7 Å². The zero-order chi connectivity index (χ0) is 15.6. The first-order chi connectivity index (χ1) is 11.4. The predicted molar refractivity (Wildman–Crippen MR) is 86.9 cm³/mol. The number of rotatable bonds is 4. The van der Waals surface area contributed by atoms with E-state index in [2.05, 4.69) is 21.1 Å². The van der Waals surface area contributed by atoms with Crippen LogP contribution >= 0.6 is 11.8 Å². The molecule has 6 nitrogen and oxygen atoms in total. The van der Waals surface area contributed by atoms with Gasteiger partial charge in [0, 0.05) is 17.6 Å². The maximum absolute atomic E-state index is 8.73. The Kier molecular flexibility index (Phi) is 3.44. The van der Waals surface area contributed by atoms with Crippen LogP contribution in [0.5, 0.6) is 0 Å². The molecule has 0 radical (unpaired) electrons. The SMILES string of the molecule is N#CCCSc1nc2ccccc2c2nc(-c3ccco3)nn12. The number of furan rings is 1. The molecule has 3 heterocycles. The summed E-state index contributed by atoms with van der Waals surface area (Å²) in [4.78, 5) is 9.27. The van der Waals surface area contributed by atoms with Gasteiger partial charge in [0.2, 0.25) is 5.82 Å². The largest absolute Gasteiger partial charge is 0.461 e. The molecule has 0 unspecified atom stereocenters. The lowest BCUT2D eigenvalue weighted by atomic mass is 10.2. The van der Waals surface area contributed by atoms with Gasteiger partial charge >= 0.3 is 0 Å². The van der Waals surface area contributed by atoms with Crippen molar-refractivity contribution in [2.24, 2.45) is 0 Å². The minimum Gasteiger partial charge on any atom is -0.461 e. The second-order valence-corrected chi connectivity index (χ2v) is 5.88. The van der Waals surface area contributed by atoms with Gasteiger partial charge in [-0.3, -0.25) is 0 Å². The van der Waals surface area contributed by atoms with Crippen LogP contribution in [0, 0.1) is 11.3 Å². The molecule has 112 valence electrons. The Bertz CT molecular complexity index is 1020. The quantitative estimate of drug-likeness (QED) is 0.325. The molecule has 0 atom stereocenters. The van der Waals surface area contributed by atoms with Gasteiger partial charge in [-0.25, -0.2) is 9.97 Å². The van der Waals surface area contributed by atoms with E-state index in [4.69, 9.17) is 9.68 Å². The normalized spacial score (nSPS) is 11.1. The fourth-order valence-corrected chi connectivity index (χ4v) is 3.11. The van der Waals surface area contributed by atoms with E-state index < -0.39 is 0 Å². The number of benzene rings is 1. The van der Waals surface area contributed by atoms with E-state index in [9.17, 15) is 0 Å². The number of fused-ring (bicyclic) bond motifs is 3. The van der Waals surface area contributed by atoms with Gasteiger partial charge in [-0.2, -0.15) is 9.78 Å². The van der Waals surface area contributed by atoms with Gasteiger partial charge in [-0.1, -0.05) is 23.9 Å². The van der Waals surface area contributed by atoms with Crippen LogP contribution in [-0.4, -0.2) is 25.3 Å². The van der Waals surface area contributed by atoms with Crippen molar-refractivity contribution in [2.75, 3.05) is 5.75 Å². The van der Waals surface area contributed by atoms with Crippen LogP contribution in [0.1, 0.15) is 6.42 Å². The molecule has 0 bridgehead atoms. The van der Waals surface area contributed by atoms with E-state index in [0.29, 0.717) is 23.8 Å². The lowest BCUT2D eigenvalue weighted by molar-refractivity contribution is 0.576. The van der Waals surface area contributed by atoms with Crippen LogP contribution < -0.4 is 0 Å². The lowest BCUT2D eigenvalue weighted by Gasteiger charge is -2.04. The standard InChI is InChI=1S/C16H11N5OS/c17-8-4-10-23-16-18-12-6-2-1-5-11(12)15-19-14(20-21(15)16)13-7-3-9-22-13/h1-3,5-7,9H,4,10H2. The first-order valence-electron chi connectivity index (χ1n) is 7.06. The van der Waals surface area contributed by atoms with Crippen molar-refractivity contribution in [1.29, 1.82) is 5.26 Å². The van der Waals surface area contributed by atoms with Crippen LogP contribution in [-0.2, 0) is 0 Å². The Balaban J connectivity index is 1.93. The van der Waals surface area contributed by atoms with Gasteiger partial charge < -0.3 is 4.42 Å². The average Bonchev–Trinajstić information content (AvgIpc) is 3.24. The van der Waals surface area contributed by atoms with E-state index in [1.54, 1.807) is 16.8 Å². The van der Waals surface area contributed by atoms with Crippen molar-refractivity contribution < 1.29 is 4.42 Å². The molecule has 1 aromatic carbocycles. The van der Waals surface area contributed by atoms with E-state index in [-0.39, 0.29) is 0 Å². The van der Waals surface area contributed by atoms with Crippen LogP contribution in [0.3, 0.4) is 0 Å². The van der Waals surface area contributed by atoms with Crippen molar-refractivity contribution in [3.05, 3.63) is 42.7 Å². The average molecular weight is 321 g/mol. The van der Waals surface area contributed by atoms with Gasteiger partial charge in [-0.05, 0) is 24.3 Å². The highest BCUT2D eigenvalue weighted by atomic mass is 32.2. The van der Waals surface area contributed by atoms with E-state index >= 15 is 0 Å². The van der Waals surface area contributed by atoms with Gasteiger partial charge in [0.05, 0.1) is 17.8 Å². The zero-order valence-corrected chi connectivity index (χ0v) is 12.8. The third-order valence-corrected chi connectivity index (χ3v) is 4.27. The molecule has 4 rings (SSSR count). The molecule has 0 saturated carbocycles. The molecule has 0 aliphatic heterocycles.